The maximum absolute atomic E-state index is 12.9. The molecule has 1 heterocycles. The third-order valence-electron chi connectivity index (χ3n) is 2.48. The Balaban J connectivity index is 3.11. The number of pyridine rings is 1. The van der Waals surface area contributed by atoms with Crippen molar-refractivity contribution < 1.29 is 22.3 Å². The van der Waals surface area contributed by atoms with E-state index in [2.05, 4.69) is 4.98 Å². The second-order valence-electron chi connectivity index (χ2n) is 5.20. The Hall–Kier alpha value is -1.33. The van der Waals surface area contributed by atoms with Gasteiger partial charge in [-0.25, -0.2) is 0 Å². The fourth-order valence-corrected chi connectivity index (χ4v) is 1.43. The molecule has 1 aromatic heterocycles. The summed E-state index contributed by atoms with van der Waals surface area (Å²) in [6, 6.07) is 0.991. The normalized spacial score (nSPS) is 12.6. The van der Waals surface area contributed by atoms with Gasteiger partial charge < -0.3 is 4.74 Å². The third kappa shape index (κ3) is 4.36. The molecule has 6 heteroatoms. The predicted octanol–water partition coefficient (Wildman–Crippen LogP) is 4.14. The van der Waals surface area contributed by atoms with Crippen molar-refractivity contribution in [2.75, 3.05) is 13.3 Å². The summed E-state index contributed by atoms with van der Waals surface area (Å²) in [7, 11) is 0. The summed E-state index contributed by atoms with van der Waals surface area (Å²) < 4.78 is 55.7. The van der Waals surface area contributed by atoms with E-state index in [1.54, 1.807) is 20.8 Å². The monoisotopic (exact) mass is 279 g/mol. The molecule has 1 rings (SSSR count). The Labute approximate surface area is 109 Å². The van der Waals surface area contributed by atoms with Gasteiger partial charge in [-0.15, -0.1) is 0 Å². The number of nitrogens with zero attached hydrogens (tertiary/aromatic N) is 1. The van der Waals surface area contributed by atoms with Gasteiger partial charge in [-0.3, -0.25) is 9.37 Å². The Morgan fingerprint density at radius 1 is 1.21 bits per heavy atom. The van der Waals surface area contributed by atoms with Crippen LogP contribution in [0.1, 0.15) is 38.4 Å². The third-order valence-corrected chi connectivity index (χ3v) is 2.48. The number of ether oxygens (including phenoxy) is 1. The van der Waals surface area contributed by atoms with Crippen molar-refractivity contribution in [1.29, 1.82) is 0 Å². The standard InChI is InChI=1S/C13H17F4NO/c1-12(2,3)11-7-9(13(15,16)17)10(8-18-11)19-6-4-5-14/h7-8H,4-6H2,1-3H3. The average Bonchev–Trinajstić information content (AvgIpc) is 2.27. The molecule has 0 fully saturated rings. The summed E-state index contributed by atoms with van der Waals surface area (Å²) in [5, 5.41) is 0. The minimum absolute atomic E-state index is 0.0539. The Bertz CT molecular complexity index is 424. The average molecular weight is 279 g/mol. The summed E-state index contributed by atoms with van der Waals surface area (Å²) in [5.74, 6) is -0.353. The zero-order valence-electron chi connectivity index (χ0n) is 11.1. The molecule has 0 unspecified atom stereocenters. The van der Waals surface area contributed by atoms with Crippen LogP contribution >= 0.6 is 0 Å². The Kier molecular flexibility index (Phi) is 4.76. The highest BCUT2D eigenvalue weighted by atomic mass is 19.4. The molecule has 19 heavy (non-hydrogen) atoms. The van der Waals surface area contributed by atoms with Crippen molar-refractivity contribution in [3.05, 3.63) is 23.5 Å². The lowest BCUT2D eigenvalue weighted by Gasteiger charge is -2.21. The van der Waals surface area contributed by atoms with Gasteiger partial charge >= 0.3 is 6.18 Å². The molecule has 2 nitrogen and oxygen atoms in total. The summed E-state index contributed by atoms with van der Waals surface area (Å²) in [4.78, 5) is 3.98. The van der Waals surface area contributed by atoms with E-state index in [1.807, 2.05) is 0 Å². The molecule has 0 bridgehead atoms. The molecule has 0 saturated carbocycles. The number of alkyl halides is 4. The second-order valence-corrected chi connectivity index (χ2v) is 5.20. The molecular formula is C13H17F4NO. The van der Waals surface area contributed by atoms with Crippen LogP contribution < -0.4 is 4.74 Å². The zero-order chi connectivity index (χ0) is 14.7. The zero-order valence-corrected chi connectivity index (χ0v) is 11.1. The first-order valence-corrected chi connectivity index (χ1v) is 5.92. The van der Waals surface area contributed by atoms with Gasteiger partial charge in [0, 0.05) is 17.5 Å². The van der Waals surface area contributed by atoms with Crippen molar-refractivity contribution in [2.24, 2.45) is 0 Å². The Morgan fingerprint density at radius 2 is 1.84 bits per heavy atom. The van der Waals surface area contributed by atoms with Crippen LogP contribution in [0.25, 0.3) is 0 Å². The van der Waals surface area contributed by atoms with Crippen LogP contribution in [-0.4, -0.2) is 18.3 Å². The first-order valence-electron chi connectivity index (χ1n) is 5.92. The first-order chi connectivity index (χ1) is 8.66. The van der Waals surface area contributed by atoms with Gasteiger partial charge in [0.15, 0.2) is 0 Å². The van der Waals surface area contributed by atoms with Crippen LogP contribution in [0.4, 0.5) is 17.6 Å². The van der Waals surface area contributed by atoms with E-state index in [1.165, 1.54) is 0 Å². The van der Waals surface area contributed by atoms with Crippen molar-refractivity contribution in [3.8, 4) is 5.75 Å². The van der Waals surface area contributed by atoms with Crippen LogP contribution in [-0.2, 0) is 11.6 Å². The lowest BCUT2D eigenvalue weighted by molar-refractivity contribution is -0.139. The molecule has 0 amide bonds. The number of aromatic nitrogens is 1. The van der Waals surface area contributed by atoms with Crippen LogP contribution in [0.3, 0.4) is 0 Å². The van der Waals surface area contributed by atoms with E-state index in [-0.39, 0.29) is 18.8 Å². The summed E-state index contributed by atoms with van der Waals surface area (Å²) in [6.45, 7) is 4.60. The molecule has 0 spiro atoms. The number of hydrogen-bond donors (Lipinski definition) is 0. The van der Waals surface area contributed by atoms with E-state index >= 15 is 0 Å². The van der Waals surface area contributed by atoms with Gasteiger partial charge in [-0.2, -0.15) is 13.2 Å². The maximum atomic E-state index is 12.9. The summed E-state index contributed by atoms with van der Waals surface area (Å²) in [5.41, 5.74) is -1.03. The van der Waals surface area contributed by atoms with E-state index in [0.717, 1.165) is 12.3 Å². The van der Waals surface area contributed by atoms with Gasteiger partial charge in [0.05, 0.1) is 19.5 Å². The van der Waals surface area contributed by atoms with Crippen LogP contribution in [0.2, 0.25) is 0 Å². The van der Waals surface area contributed by atoms with Crippen LogP contribution in [0, 0.1) is 0 Å². The second kappa shape index (κ2) is 5.75. The predicted molar refractivity (Wildman–Crippen MR) is 64.0 cm³/mol. The topological polar surface area (TPSA) is 22.1 Å². The van der Waals surface area contributed by atoms with Crippen LogP contribution in [0.5, 0.6) is 5.75 Å². The van der Waals surface area contributed by atoms with Gasteiger partial charge in [-0.05, 0) is 6.07 Å². The molecule has 0 aliphatic rings. The van der Waals surface area contributed by atoms with Crippen LogP contribution in [0.15, 0.2) is 12.3 Å². The number of rotatable bonds is 4. The highest BCUT2D eigenvalue weighted by molar-refractivity contribution is 5.36. The molecule has 0 aliphatic carbocycles. The first kappa shape index (κ1) is 15.7. The molecule has 0 N–H and O–H groups in total. The molecule has 108 valence electrons. The lowest BCUT2D eigenvalue weighted by atomic mass is 9.90. The fraction of sp³-hybridized carbons (Fsp3) is 0.615. The summed E-state index contributed by atoms with van der Waals surface area (Å²) >= 11 is 0. The highest BCUT2D eigenvalue weighted by Gasteiger charge is 2.36. The van der Waals surface area contributed by atoms with Gasteiger partial charge in [0.2, 0.25) is 0 Å². The quantitative estimate of drug-likeness (QED) is 0.610. The minimum atomic E-state index is -4.52. The molecule has 0 aromatic carbocycles. The highest BCUT2D eigenvalue weighted by Crippen LogP contribution is 2.37. The molecule has 0 atom stereocenters. The van der Waals surface area contributed by atoms with E-state index < -0.39 is 23.8 Å². The summed E-state index contributed by atoms with van der Waals surface area (Å²) in [6.07, 6.45) is -3.41. The molecule has 1 aromatic rings. The SMILES string of the molecule is CC(C)(C)c1cc(C(F)(F)F)c(OCCCF)cn1. The van der Waals surface area contributed by atoms with E-state index in [9.17, 15) is 17.6 Å². The lowest BCUT2D eigenvalue weighted by Crippen LogP contribution is -2.17. The number of halogens is 4. The van der Waals surface area contributed by atoms with Crippen molar-refractivity contribution >= 4 is 0 Å². The van der Waals surface area contributed by atoms with Crippen molar-refractivity contribution in [3.63, 3.8) is 0 Å². The molecule has 0 radical (unpaired) electrons. The van der Waals surface area contributed by atoms with Gasteiger partial charge in [0.25, 0.3) is 0 Å². The maximum Gasteiger partial charge on any atom is 0.420 e. The Morgan fingerprint density at radius 3 is 2.32 bits per heavy atom. The fourth-order valence-electron chi connectivity index (χ4n) is 1.43. The number of hydrogen-bond acceptors (Lipinski definition) is 2. The van der Waals surface area contributed by atoms with E-state index in [0.29, 0.717) is 5.69 Å². The van der Waals surface area contributed by atoms with Gasteiger partial charge in [0.1, 0.15) is 11.3 Å². The largest absolute Gasteiger partial charge is 0.491 e. The molecular weight excluding hydrogens is 262 g/mol. The van der Waals surface area contributed by atoms with E-state index in [4.69, 9.17) is 4.74 Å². The molecule has 0 aliphatic heterocycles. The van der Waals surface area contributed by atoms with Crippen molar-refractivity contribution in [2.45, 2.75) is 38.8 Å². The smallest absolute Gasteiger partial charge is 0.420 e. The van der Waals surface area contributed by atoms with Gasteiger partial charge in [-0.1, -0.05) is 20.8 Å². The minimum Gasteiger partial charge on any atom is -0.491 e. The van der Waals surface area contributed by atoms with Crippen molar-refractivity contribution in [1.82, 2.24) is 4.98 Å². The molecule has 0 saturated heterocycles.